The Balaban J connectivity index is 2.31. The van der Waals surface area contributed by atoms with Crippen molar-refractivity contribution in [1.82, 2.24) is 4.98 Å². The molecular weight excluding hydrogens is 282 g/mol. The average molecular weight is 296 g/mol. The minimum atomic E-state index is -0.457. The fourth-order valence-corrected chi connectivity index (χ4v) is 2.61. The van der Waals surface area contributed by atoms with Crippen LogP contribution in [0.3, 0.4) is 0 Å². The van der Waals surface area contributed by atoms with Crippen LogP contribution in [0.4, 0.5) is 0 Å². The van der Waals surface area contributed by atoms with Gasteiger partial charge in [0, 0.05) is 16.5 Å². The highest BCUT2D eigenvalue weighted by molar-refractivity contribution is 6.68. The second-order valence-corrected chi connectivity index (χ2v) is 5.56. The van der Waals surface area contributed by atoms with Crippen molar-refractivity contribution < 1.29 is 4.79 Å². The van der Waals surface area contributed by atoms with Crippen molar-refractivity contribution in [2.45, 2.75) is 13.8 Å². The summed E-state index contributed by atoms with van der Waals surface area (Å²) in [5.74, 6) is 0. The van der Waals surface area contributed by atoms with Crippen LogP contribution >= 0.6 is 11.6 Å². The first-order chi connectivity index (χ1) is 10.0. The molecule has 2 aromatic carbocycles. The number of benzene rings is 2. The topological polar surface area (TPSA) is 30.0 Å². The van der Waals surface area contributed by atoms with Gasteiger partial charge in [-0.1, -0.05) is 35.4 Å². The number of halogens is 1. The van der Waals surface area contributed by atoms with Gasteiger partial charge in [-0.2, -0.15) is 0 Å². The lowest BCUT2D eigenvalue weighted by molar-refractivity contribution is 0.108. The first-order valence-corrected chi connectivity index (χ1v) is 7.11. The number of rotatable bonds is 2. The highest BCUT2D eigenvalue weighted by Crippen LogP contribution is 2.27. The van der Waals surface area contributed by atoms with Gasteiger partial charge in [0.15, 0.2) is 0 Å². The molecule has 0 amide bonds. The van der Waals surface area contributed by atoms with Crippen LogP contribution in [0.5, 0.6) is 0 Å². The van der Waals surface area contributed by atoms with Crippen molar-refractivity contribution in [3.05, 3.63) is 65.2 Å². The van der Waals surface area contributed by atoms with E-state index in [1.165, 1.54) is 0 Å². The molecule has 3 aromatic rings. The number of nitrogens with zero attached hydrogens (tertiary/aromatic N) is 1. The first-order valence-electron chi connectivity index (χ1n) is 6.73. The summed E-state index contributed by atoms with van der Waals surface area (Å²) in [6.07, 6.45) is 0. The zero-order valence-electron chi connectivity index (χ0n) is 11.9. The molecule has 0 aliphatic carbocycles. The molecule has 1 heterocycles. The smallest absolute Gasteiger partial charge is 0.253 e. The minimum Gasteiger partial charge on any atom is -0.276 e. The molecule has 0 N–H and O–H groups in total. The van der Waals surface area contributed by atoms with Crippen molar-refractivity contribution in [1.29, 1.82) is 0 Å². The summed E-state index contributed by atoms with van der Waals surface area (Å²) in [5.41, 5.74) is 5.25. The molecule has 0 aliphatic heterocycles. The summed E-state index contributed by atoms with van der Waals surface area (Å²) < 4.78 is 0. The molecule has 3 rings (SSSR count). The number of carbonyl (C=O) groups is 1. The van der Waals surface area contributed by atoms with Gasteiger partial charge in [0.2, 0.25) is 0 Å². The van der Waals surface area contributed by atoms with Crippen LogP contribution in [0.2, 0.25) is 0 Å². The van der Waals surface area contributed by atoms with E-state index in [-0.39, 0.29) is 0 Å². The highest BCUT2D eigenvalue weighted by Gasteiger charge is 2.12. The standard InChI is InChI=1S/C18H14ClNO/c1-11-4-3-5-13(8-11)17-10-15(18(19)21)14-9-12(2)6-7-16(14)20-17/h3-10H,1-2H3. The third-order valence-corrected chi connectivity index (χ3v) is 3.69. The SMILES string of the molecule is Cc1cccc(-c2cc(C(=O)Cl)c3cc(C)ccc3n2)c1. The normalized spacial score (nSPS) is 10.8. The van der Waals surface area contributed by atoms with E-state index in [0.29, 0.717) is 5.56 Å². The monoisotopic (exact) mass is 295 g/mol. The third-order valence-electron chi connectivity index (χ3n) is 3.49. The van der Waals surface area contributed by atoms with Crippen LogP contribution in [0, 0.1) is 13.8 Å². The van der Waals surface area contributed by atoms with E-state index in [9.17, 15) is 4.79 Å². The minimum absolute atomic E-state index is 0.457. The van der Waals surface area contributed by atoms with Crippen LogP contribution < -0.4 is 0 Å². The Labute approximate surface area is 128 Å². The van der Waals surface area contributed by atoms with Gasteiger partial charge < -0.3 is 0 Å². The molecule has 104 valence electrons. The Kier molecular flexibility index (Phi) is 3.48. The molecule has 0 saturated heterocycles. The van der Waals surface area contributed by atoms with Crippen molar-refractivity contribution in [2.75, 3.05) is 0 Å². The van der Waals surface area contributed by atoms with Crippen LogP contribution in [0.15, 0.2) is 48.5 Å². The first kappa shape index (κ1) is 13.8. The summed E-state index contributed by atoms with van der Waals surface area (Å²) in [6.45, 7) is 4.01. The number of hydrogen-bond donors (Lipinski definition) is 0. The van der Waals surface area contributed by atoms with Gasteiger partial charge in [0.1, 0.15) is 0 Å². The van der Waals surface area contributed by atoms with Crippen molar-refractivity contribution in [2.24, 2.45) is 0 Å². The summed E-state index contributed by atoms with van der Waals surface area (Å²) >= 11 is 5.76. The Morgan fingerprint density at radius 2 is 1.76 bits per heavy atom. The molecule has 0 radical (unpaired) electrons. The van der Waals surface area contributed by atoms with Crippen LogP contribution in [0.25, 0.3) is 22.2 Å². The maximum atomic E-state index is 11.8. The predicted octanol–water partition coefficient (Wildman–Crippen LogP) is 4.90. The lowest BCUT2D eigenvalue weighted by Gasteiger charge is -2.08. The van der Waals surface area contributed by atoms with Gasteiger partial charge in [0.05, 0.1) is 11.2 Å². The van der Waals surface area contributed by atoms with E-state index in [1.807, 2.05) is 56.3 Å². The lowest BCUT2D eigenvalue weighted by atomic mass is 10.0. The quantitative estimate of drug-likeness (QED) is 0.630. The molecule has 0 unspecified atom stereocenters. The second-order valence-electron chi connectivity index (χ2n) is 5.22. The Hall–Kier alpha value is -2.19. The zero-order valence-corrected chi connectivity index (χ0v) is 12.6. The van der Waals surface area contributed by atoms with E-state index in [2.05, 4.69) is 4.98 Å². The molecule has 0 atom stereocenters. The van der Waals surface area contributed by atoms with E-state index in [0.717, 1.165) is 33.3 Å². The molecule has 0 aliphatic rings. The maximum Gasteiger partial charge on any atom is 0.253 e. The van der Waals surface area contributed by atoms with Crippen LogP contribution in [-0.4, -0.2) is 10.2 Å². The third kappa shape index (κ3) is 2.67. The fraction of sp³-hybridized carbons (Fsp3) is 0.111. The molecule has 3 heteroatoms. The van der Waals surface area contributed by atoms with Crippen molar-refractivity contribution >= 4 is 27.7 Å². The molecule has 0 fully saturated rings. The molecule has 2 nitrogen and oxygen atoms in total. The highest BCUT2D eigenvalue weighted by atomic mass is 35.5. The number of hydrogen-bond acceptors (Lipinski definition) is 2. The van der Waals surface area contributed by atoms with Gasteiger partial charge in [-0.25, -0.2) is 4.98 Å². The summed E-state index contributed by atoms with van der Waals surface area (Å²) in [5, 5.41) is 0.341. The molecule has 0 bridgehead atoms. The molecule has 0 saturated carbocycles. The summed E-state index contributed by atoms with van der Waals surface area (Å²) in [6, 6.07) is 15.7. The van der Waals surface area contributed by atoms with Crippen LogP contribution in [-0.2, 0) is 0 Å². The maximum absolute atomic E-state index is 11.8. The number of carbonyl (C=O) groups excluding carboxylic acids is 1. The lowest BCUT2D eigenvalue weighted by Crippen LogP contribution is -1.96. The number of pyridine rings is 1. The number of fused-ring (bicyclic) bond motifs is 1. The van der Waals surface area contributed by atoms with Gasteiger partial charge in [0.25, 0.3) is 5.24 Å². The Bertz CT molecular complexity index is 855. The molecule has 21 heavy (non-hydrogen) atoms. The number of aromatic nitrogens is 1. The van der Waals surface area contributed by atoms with Gasteiger partial charge in [-0.15, -0.1) is 0 Å². The summed E-state index contributed by atoms with van der Waals surface area (Å²) in [7, 11) is 0. The van der Waals surface area contributed by atoms with E-state index in [1.54, 1.807) is 6.07 Å². The second kappa shape index (κ2) is 5.30. The van der Waals surface area contributed by atoms with Crippen molar-refractivity contribution in [3.8, 4) is 11.3 Å². The Morgan fingerprint density at radius 1 is 1.00 bits per heavy atom. The zero-order chi connectivity index (χ0) is 15.0. The predicted molar refractivity (Wildman–Crippen MR) is 86.8 cm³/mol. The van der Waals surface area contributed by atoms with Gasteiger partial charge in [-0.05, 0) is 49.7 Å². The summed E-state index contributed by atoms with van der Waals surface area (Å²) in [4.78, 5) is 16.4. The fourth-order valence-electron chi connectivity index (χ4n) is 2.45. The Morgan fingerprint density at radius 3 is 2.48 bits per heavy atom. The van der Waals surface area contributed by atoms with Gasteiger partial charge >= 0.3 is 0 Å². The largest absolute Gasteiger partial charge is 0.276 e. The van der Waals surface area contributed by atoms with E-state index >= 15 is 0 Å². The molecule has 1 aromatic heterocycles. The molecule has 0 spiro atoms. The van der Waals surface area contributed by atoms with E-state index < -0.39 is 5.24 Å². The number of aryl methyl sites for hydroxylation is 2. The van der Waals surface area contributed by atoms with Crippen LogP contribution in [0.1, 0.15) is 21.5 Å². The van der Waals surface area contributed by atoms with E-state index in [4.69, 9.17) is 11.6 Å². The average Bonchev–Trinajstić information content (AvgIpc) is 2.46. The van der Waals surface area contributed by atoms with Crippen molar-refractivity contribution in [3.63, 3.8) is 0 Å². The molecular formula is C18H14ClNO. The van der Waals surface area contributed by atoms with Gasteiger partial charge in [-0.3, -0.25) is 4.79 Å².